The van der Waals surface area contributed by atoms with E-state index in [1.807, 2.05) is 6.07 Å². The Morgan fingerprint density at radius 2 is 2.08 bits per heavy atom. The van der Waals surface area contributed by atoms with Gasteiger partial charge in [-0.05, 0) is 18.6 Å². The van der Waals surface area contributed by atoms with Crippen LogP contribution in [-0.4, -0.2) is 0 Å². The van der Waals surface area contributed by atoms with Crippen molar-refractivity contribution in [3.05, 3.63) is 34.4 Å². The summed E-state index contributed by atoms with van der Waals surface area (Å²) >= 11 is 5.44. The fourth-order valence-corrected chi connectivity index (χ4v) is 1.16. The Labute approximate surface area is 79.6 Å². The molecule has 1 rings (SSSR count). The third kappa shape index (κ3) is 2.16. The number of hydrogen-bond donors (Lipinski definition) is 0. The minimum absolute atomic E-state index is 0.0503. The molecule has 1 aromatic carbocycles. The van der Waals surface area contributed by atoms with Crippen LogP contribution < -0.4 is 0 Å². The van der Waals surface area contributed by atoms with Gasteiger partial charge in [-0.2, -0.15) is 5.26 Å². The van der Waals surface area contributed by atoms with Crippen LogP contribution >= 0.6 is 11.6 Å². The molecule has 0 amide bonds. The smallest absolute Gasteiger partial charge is 0.147 e. The van der Waals surface area contributed by atoms with E-state index in [0.29, 0.717) is 0 Å². The van der Waals surface area contributed by atoms with Gasteiger partial charge in [0.15, 0.2) is 0 Å². The summed E-state index contributed by atoms with van der Waals surface area (Å²) in [7, 11) is 0. The number of halogens is 3. The van der Waals surface area contributed by atoms with Gasteiger partial charge in [-0.3, -0.25) is 0 Å². The molecule has 0 fully saturated rings. The number of hydrogen-bond acceptors (Lipinski definition) is 1. The third-order valence-corrected chi connectivity index (χ3v) is 1.92. The van der Waals surface area contributed by atoms with Crippen LogP contribution in [0.25, 0.3) is 0 Å². The van der Waals surface area contributed by atoms with E-state index in [4.69, 9.17) is 16.9 Å². The minimum Gasteiger partial charge on any atom is -0.207 e. The van der Waals surface area contributed by atoms with Crippen molar-refractivity contribution in [1.29, 1.82) is 5.26 Å². The molecule has 0 aliphatic rings. The Bertz CT molecular complexity index is 357. The fourth-order valence-electron chi connectivity index (χ4n) is 0.979. The van der Waals surface area contributed by atoms with E-state index in [9.17, 15) is 8.78 Å². The first-order valence-corrected chi connectivity index (χ1v) is 4.04. The third-order valence-electron chi connectivity index (χ3n) is 1.63. The van der Waals surface area contributed by atoms with Crippen LogP contribution in [0.5, 0.6) is 0 Å². The highest BCUT2D eigenvalue weighted by Gasteiger charge is 2.11. The summed E-state index contributed by atoms with van der Waals surface area (Å²) in [6.45, 7) is 0. The number of benzene rings is 1. The molecule has 68 valence electrons. The van der Waals surface area contributed by atoms with Crippen LogP contribution in [0, 0.1) is 23.0 Å². The molecule has 0 aromatic heterocycles. The van der Waals surface area contributed by atoms with Crippen LogP contribution in [0.3, 0.4) is 0 Å². The van der Waals surface area contributed by atoms with Crippen molar-refractivity contribution in [2.24, 2.45) is 0 Å². The fraction of sp³-hybridized carbons (Fsp3) is 0.222. The van der Waals surface area contributed by atoms with Crippen LogP contribution in [0.4, 0.5) is 8.78 Å². The van der Waals surface area contributed by atoms with Gasteiger partial charge in [-0.25, -0.2) is 8.78 Å². The van der Waals surface area contributed by atoms with Crippen molar-refractivity contribution in [1.82, 2.24) is 0 Å². The molecule has 1 aromatic rings. The first-order chi connectivity index (χ1) is 6.16. The van der Waals surface area contributed by atoms with Gasteiger partial charge in [-0.1, -0.05) is 11.6 Å². The second-order valence-corrected chi connectivity index (χ2v) is 2.89. The van der Waals surface area contributed by atoms with Crippen molar-refractivity contribution in [3.8, 4) is 6.07 Å². The van der Waals surface area contributed by atoms with Crippen molar-refractivity contribution in [2.75, 3.05) is 0 Å². The van der Waals surface area contributed by atoms with E-state index in [2.05, 4.69) is 0 Å². The maximum Gasteiger partial charge on any atom is 0.147 e. The molecular weight excluding hydrogens is 196 g/mol. The highest BCUT2D eigenvalue weighted by Crippen LogP contribution is 2.21. The average molecular weight is 202 g/mol. The van der Waals surface area contributed by atoms with Gasteiger partial charge in [0.25, 0.3) is 0 Å². The largest absolute Gasteiger partial charge is 0.207 e. The predicted molar refractivity (Wildman–Crippen MR) is 45.3 cm³/mol. The molecule has 13 heavy (non-hydrogen) atoms. The summed E-state index contributed by atoms with van der Waals surface area (Å²) in [5.74, 6) is -1.42. The lowest BCUT2D eigenvalue weighted by Gasteiger charge is -2.03. The van der Waals surface area contributed by atoms with E-state index >= 15 is 0 Å². The zero-order chi connectivity index (χ0) is 9.84. The second kappa shape index (κ2) is 4.20. The summed E-state index contributed by atoms with van der Waals surface area (Å²) in [5, 5.41) is 8.13. The van der Waals surface area contributed by atoms with Crippen LogP contribution in [0.1, 0.15) is 12.0 Å². The van der Waals surface area contributed by atoms with Gasteiger partial charge in [0, 0.05) is 12.0 Å². The lowest BCUT2D eigenvalue weighted by atomic mass is 10.1. The molecule has 0 saturated heterocycles. The normalized spacial score (nSPS) is 9.69. The maximum atomic E-state index is 13.1. The SMILES string of the molecule is N#CCCc1c(F)ccc(Cl)c1F. The van der Waals surface area contributed by atoms with E-state index in [-0.39, 0.29) is 23.4 Å². The first kappa shape index (κ1) is 9.94. The molecule has 0 bridgehead atoms. The Morgan fingerprint density at radius 1 is 1.38 bits per heavy atom. The monoisotopic (exact) mass is 201 g/mol. The molecule has 0 saturated carbocycles. The Balaban J connectivity index is 3.04. The van der Waals surface area contributed by atoms with Gasteiger partial charge in [0.05, 0.1) is 11.1 Å². The molecule has 4 heteroatoms. The topological polar surface area (TPSA) is 23.8 Å². The minimum atomic E-state index is -0.767. The van der Waals surface area contributed by atoms with Crippen molar-refractivity contribution >= 4 is 11.6 Å². The first-order valence-electron chi connectivity index (χ1n) is 3.66. The quantitative estimate of drug-likeness (QED) is 0.675. The zero-order valence-electron chi connectivity index (χ0n) is 6.65. The van der Waals surface area contributed by atoms with E-state index in [1.54, 1.807) is 0 Å². The zero-order valence-corrected chi connectivity index (χ0v) is 7.41. The van der Waals surface area contributed by atoms with Crippen LogP contribution in [0.15, 0.2) is 12.1 Å². The summed E-state index contributed by atoms with van der Waals surface area (Å²) in [6.07, 6.45) is 0.128. The summed E-state index contributed by atoms with van der Waals surface area (Å²) in [4.78, 5) is 0. The van der Waals surface area contributed by atoms with E-state index < -0.39 is 11.6 Å². The number of rotatable bonds is 2. The van der Waals surface area contributed by atoms with E-state index in [1.165, 1.54) is 0 Å². The van der Waals surface area contributed by atoms with Gasteiger partial charge in [0.1, 0.15) is 11.6 Å². The highest BCUT2D eigenvalue weighted by atomic mass is 35.5. The molecule has 0 N–H and O–H groups in total. The van der Waals surface area contributed by atoms with Crippen LogP contribution in [-0.2, 0) is 6.42 Å². The second-order valence-electron chi connectivity index (χ2n) is 2.48. The molecule has 0 spiro atoms. The Morgan fingerprint density at radius 3 is 2.69 bits per heavy atom. The van der Waals surface area contributed by atoms with Crippen molar-refractivity contribution in [2.45, 2.75) is 12.8 Å². The Kier molecular flexibility index (Phi) is 3.21. The number of nitriles is 1. The Hall–Kier alpha value is -1.14. The van der Waals surface area contributed by atoms with Gasteiger partial charge >= 0.3 is 0 Å². The summed E-state index contributed by atoms with van der Waals surface area (Å²) in [6, 6.07) is 4.06. The maximum absolute atomic E-state index is 13.1. The molecule has 0 aliphatic carbocycles. The standard InChI is InChI=1S/C9H6ClF2N/c10-7-3-4-8(11)6(9(7)12)2-1-5-13/h3-4H,1-2H2. The molecule has 1 nitrogen and oxygen atoms in total. The van der Waals surface area contributed by atoms with Gasteiger partial charge in [-0.15, -0.1) is 0 Å². The molecule has 0 unspecified atom stereocenters. The van der Waals surface area contributed by atoms with Crippen LogP contribution in [0.2, 0.25) is 5.02 Å². The molecule has 0 radical (unpaired) electrons. The predicted octanol–water partition coefficient (Wildman–Crippen LogP) is 3.07. The molecule has 0 aliphatic heterocycles. The summed E-state index contributed by atoms with van der Waals surface area (Å²) < 4.78 is 26.1. The lowest BCUT2D eigenvalue weighted by molar-refractivity contribution is 0.556. The van der Waals surface area contributed by atoms with Crippen molar-refractivity contribution in [3.63, 3.8) is 0 Å². The van der Waals surface area contributed by atoms with Gasteiger partial charge in [0.2, 0.25) is 0 Å². The highest BCUT2D eigenvalue weighted by molar-refractivity contribution is 6.30. The average Bonchev–Trinajstić information content (AvgIpc) is 2.12. The lowest BCUT2D eigenvalue weighted by Crippen LogP contribution is -1.95. The molecule has 0 atom stereocenters. The van der Waals surface area contributed by atoms with Gasteiger partial charge < -0.3 is 0 Å². The van der Waals surface area contributed by atoms with E-state index in [0.717, 1.165) is 12.1 Å². The number of nitrogens with zero attached hydrogens (tertiary/aromatic N) is 1. The van der Waals surface area contributed by atoms with Crippen molar-refractivity contribution < 1.29 is 8.78 Å². The molecule has 0 heterocycles. The molecular formula is C9H6ClF2N. The summed E-state index contributed by atoms with van der Waals surface area (Å²) in [5.41, 5.74) is -0.117.